The molecular weight excluding hydrogens is 301 g/mol. The van der Waals surface area contributed by atoms with E-state index in [1.165, 1.54) is 7.11 Å². The van der Waals surface area contributed by atoms with Crippen LogP contribution in [0, 0.1) is 0 Å². The second-order valence-electron chi connectivity index (χ2n) is 3.05. The van der Waals surface area contributed by atoms with Gasteiger partial charge in [0.1, 0.15) is 9.69 Å². The van der Waals surface area contributed by atoms with E-state index in [9.17, 15) is 9.59 Å². The molecule has 94 valence electrons. The average Bonchev–Trinajstić information content (AvgIpc) is 2.32. The van der Waals surface area contributed by atoms with E-state index in [0.29, 0.717) is 4.67 Å². The summed E-state index contributed by atoms with van der Waals surface area (Å²) in [6.45, 7) is 0. The molecule has 0 aliphatic carbocycles. The third-order valence-electron chi connectivity index (χ3n) is 1.89. The Kier molecular flexibility index (Phi) is 3.65. The van der Waals surface area contributed by atoms with Crippen molar-refractivity contribution in [3.8, 4) is 0 Å². The van der Waals surface area contributed by atoms with Gasteiger partial charge in [-0.1, -0.05) is 23.2 Å². The Bertz CT molecular complexity index is 726. The number of carbonyl (C=O) groups excluding carboxylic acids is 1. The number of esters is 1. The van der Waals surface area contributed by atoms with Crippen molar-refractivity contribution < 1.29 is 9.53 Å². The van der Waals surface area contributed by atoms with Crippen LogP contribution in [0.1, 0.15) is 0 Å². The molecule has 0 saturated carbocycles. The highest BCUT2D eigenvalue weighted by molar-refractivity contribution is 7.07. The minimum absolute atomic E-state index is 0.0601. The lowest BCUT2D eigenvalue weighted by Crippen LogP contribution is -2.32. The highest BCUT2D eigenvalue weighted by atomic mass is 35.5. The molecule has 1 aromatic rings. The molecule has 0 saturated heterocycles. The molecule has 0 aromatic carbocycles. The quantitative estimate of drug-likeness (QED) is 0.588. The van der Waals surface area contributed by atoms with Gasteiger partial charge in [-0.05, 0) is 0 Å². The van der Waals surface area contributed by atoms with Crippen LogP contribution in [0.4, 0.5) is 5.82 Å². The standard InChI is InChI=1S/C9H5Cl2N3O3S/c1-17-4(15)2-3-8(16)14-7-9(18-3)13-6(11)5(10)12-7/h2H,1H3,(H,12,14,16)/b3-2+. The number of rotatable bonds is 1. The lowest BCUT2D eigenvalue weighted by molar-refractivity contribution is -0.133. The number of aromatic nitrogens is 1. The van der Waals surface area contributed by atoms with E-state index in [1.807, 2.05) is 0 Å². The summed E-state index contributed by atoms with van der Waals surface area (Å²) in [6, 6.07) is 0. The Labute approximate surface area is 114 Å². The van der Waals surface area contributed by atoms with Crippen LogP contribution in [-0.2, 0) is 9.53 Å². The Morgan fingerprint density at radius 1 is 1.50 bits per heavy atom. The highest BCUT2D eigenvalue weighted by Gasteiger charge is 2.13. The smallest absolute Gasteiger partial charge is 0.332 e. The van der Waals surface area contributed by atoms with Crippen LogP contribution in [0.2, 0.25) is 0 Å². The number of fused-ring (bicyclic) bond motifs is 1. The molecule has 1 aliphatic rings. The predicted molar refractivity (Wildman–Crippen MR) is 68.0 cm³/mol. The van der Waals surface area contributed by atoms with Crippen LogP contribution in [0.5, 0.6) is 0 Å². The van der Waals surface area contributed by atoms with E-state index in [1.54, 1.807) is 0 Å². The topological polar surface area (TPSA) is 80.6 Å². The number of hydrogen-bond donors (Lipinski definition) is 1. The summed E-state index contributed by atoms with van der Waals surface area (Å²) in [5.41, 5.74) is -0.575. The van der Waals surface area contributed by atoms with Gasteiger partial charge < -0.3 is 10.1 Å². The maximum atomic E-state index is 11.6. The average molecular weight is 306 g/mol. The number of anilines is 1. The van der Waals surface area contributed by atoms with E-state index in [-0.39, 0.29) is 20.7 Å². The third-order valence-corrected chi connectivity index (χ3v) is 3.53. The maximum absolute atomic E-state index is 11.6. The molecule has 9 heteroatoms. The van der Waals surface area contributed by atoms with Gasteiger partial charge in [-0.15, -0.1) is 11.3 Å². The van der Waals surface area contributed by atoms with E-state index >= 15 is 0 Å². The van der Waals surface area contributed by atoms with Crippen LogP contribution in [0.25, 0.3) is 6.08 Å². The maximum Gasteiger partial charge on any atom is 0.332 e. The van der Waals surface area contributed by atoms with Gasteiger partial charge in [-0.3, -0.25) is 4.79 Å². The molecule has 0 spiro atoms. The molecule has 6 nitrogen and oxygen atoms in total. The first-order valence-electron chi connectivity index (χ1n) is 4.53. The molecule has 1 N–H and O–H groups in total. The molecule has 18 heavy (non-hydrogen) atoms. The Balaban J connectivity index is 2.68. The van der Waals surface area contributed by atoms with Gasteiger partial charge in [0.15, 0.2) is 15.6 Å². The summed E-state index contributed by atoms with van der Waals surface area (Å²) in [5.74, 6) is -0.435. The lowest BCUT2D eigenvalue weighted by atomic mass is 10.5. The van der Waals surface area contributed by atoms with Crippen molar-refractivity contribution in [2.24, 2.45) is 4.99 Å². The largest absolute Gasteiger partial charge is 0.466 e. The van der Waals surface area contributed by atoms with Crippen LogP contribution < -0.4 is 20.1 Å². The van der Waals surface area contributed by atoms with Crippen LogP contribution in [-0.4, -0.2) is 18.1 Å². The zero-order valence-electron chi connectivity index (χ0n) is 8.86. The number of nitrogens with one attached hydrogen (secondary N) is 1. The van der Waals surface area contributed by atoms with Gasteiger partial charge in [-0.25, -0.2) is 9.79 Å². The van der Waals surface area contributed by atoms with Gasteiger partial charge >= 0.3 is 5.97 Å². The first-order valence-corrected chi connectivity index (χ1v) is 6.10. The fourth-order valence-corrected chi connectivity index (χ4v) is 2.25. The first-order chi connectivity index (χ1) is 8.51. The first kappa shape index (κ1) is 13.0. The number of nitrogens with zero attached hydrogens (tertiary/aromatic N) is 2. The zero-order valence-corrected chi connectivity index (χ0v) is 11.2. The fourth-order valence-electron chi connectivity index (χ4n) is 1.11. The van der Waals surface area contributed by atoms with Gasteiger partial charge in [0.05, 0.1) is 7.11 Å². The number of halogens is 2. The highest BCUT2D eigenvalue weighted by Crippen LogP contribution is 2.18. The molecule has 2 heterocycles. The zero-order chi connectivity index (χ0) is 13.3. The van der Waals surface area contributed by atoms with Crippen molar-refractivity contribution in [2.45, 2.75) is 0 Å². The molecule has 1 aliphatic heterocycles. The predicted octanol–water partition coefficient (Wildman–Crippen LogP) is 0.106. The second-order valence-corrected chi connectivity index (χ2v) is 4.81. The van der Waals surface area contributed by atoms with Crippen LogP contribution in [0.3, 0.4) is 0 Å². The third kappa shape index (κ3) is 2.53. The van der Waals surface area contributed by atoms with Crippen molar-refractivity contribution in [3.05, 3.63) is 29.9 Å². The van der Waals surface area contributed by atoms with Gasteiger partial charge in [0, 0.05) is 6.08 Å². The molecule has 0 fully saturated rings. The number of methoxy groups -OCH3 is 1. The van der Waals surface area contributed by atoms with Gasteiger partial charge in [-0.2, -0.15) is 4.98 Å². The Morgan fingerprint density at radius 3 is 2.89 bits per heavy atom. The minimum atomic E-state index is -0.645. The molecule has 1 aromatic heterocycles. The number of ether oxygens (including phenoxy) is 1. The van der Waals surface area contributed by atoms with Gasteiger partial charge in [0.25, 0.3) is 5.56 Å². The SMILES string of the molecule is COC(=O)/C=c1/sc2c(nc1=O)NC(Cl)=C(Cl)N=2. The van der Waals surface area contributed by atoms with Crippen molar-refractivity contribution in [1.29, 1.82) is 0 Å². The van der Waals surface area contributed by atoms with Crippen molar-refractivity contribution in [2.75, 3.05) is 12.4 Å². The lowest BCUT2D eigenvalue weighted by Gasteiger charge is -2.08. The fraction of sp³-hybridized carbons (Fsp3) is 0.111. The van der Waals surface area contributed by atoms with E-state index in [0.717, 1.165) is 17.4 Å². The normalized spacial score (nSPS) is 14.7. The minimum Gasteiger partial charge on any atom is -0.466 e. The molecule has 0 bridgehead atoms. The molecule has 0 atom stereocenters. The Hall–Kier alpha value is -1.44. The number of carbonyl (C=O) groups is 1. The van der Waals surface area contributed by atoms with E-state index in [4.69, 9.17) is 23.2 Å². The van der Waals surface area contributed by atoms with Crippen molar-refractivity contribution >= 4 is 52.4 Å². The Morgan fingerprint density at radius 2 is 2.22 bits per heavy atom. The molecule has 0 unspecified atom stereocenters. The molecule has 2 rings (SSSR count). The summed E-state index contributed by atoms with van der Waals surface area (Å²) < 4.78 is 4.90. The second kappa shape index (κ2) is 5.05. The molecule has 0 amide bonds. The van der Waals surface area contributed by atoms with Crippen LogP contribution in [0.15, 0.2) is 20.1 Å². The summed E-state index contributed by atoms with van der Waals surface area (Å²) in [6.07, 6.45) is 1.05. The van der Waals surface area contributed by atoms with Crippen LogP contribution >= 0.6 is 34.5 Å². The monoisotopic (exact) mass is 305 g/mol. The summed E-state index contributed by atoms with van der Waals surface area (Å²) in [7, 11) is 1.21. The summed E-state index contributed by atoms with van der Waals surface area (Å²) in [5, 5.41) is 2.78. The molecule has 0 radical (unpaired) electrons. The van der Waals surface area contributed by atoms with Crippen molar-refractivity contribution in [3.63, 3.8) is 0 Å². The van der Waals surface area contributed by atoms with E-state index in [2.05, 4.69) is 20.0 Å². The number of hydrogen-bond acceptors (Lipinski definition) is 7. The van der Waals surface area contributed by atoms with Crippen molar-refractivity contribution in [1.82, 2.24) is 4.98 Å². The van der Waals surface area contributed by atoms with E-state index < -0.39 is 11.5 Å². The summed E-state index contributed by atoms with van der Waals surface area (Å²) in [4.78, 5) is 30.4. The summed E-state index contributed by atoms with van der Waals surface area (Å²) >= 11 is 12.4. The molecular formula is C9H5Cl2N3O3S. The van der Waals surface area contributed by atoms with Gasteiger partial charge in [0.2, 0.25) is 0 Å².